The van der Waals surface area contributed by atoms with Gasteiger partial charge in [0.05, 0.1) is 21.9 Å². The molecule has 1 aliphatic heterocycles. The number of hydrogen-bond acceptors (Lipinski definition) is 6. The van der Waals surface area contributed by atoms with E-state index in [9.17, 15) is 14.7 Å². The number of benzene rings is 2. The van der Waals surface area contributed by atoms with E-state index >= 15 is 0 Å². The van der Waals surface area contributed by atoms with Crippen LogP contribution in [0.3, 0.4) is 0 Å². The van der Waals surface area contributed by atoms with Gasteiger partial charge in [-0.3, -0.25) is 14.5 Å². The van der Waals surface area contributed by atoms with Gasteiger partial charge in [-0.05, 0) is 43.3 Å². The van der Waals surface area contributed by atoms with E-state index in [1.54, 1.807) is 36.4 Å². The Labute approximate surface area is 197 Å². The lowest BCUT2D eigenvalue weighted by molar-refractivity contribution is -0.141. The molecule has 0 aliphatic carbocycles. The van der Waals surface area contributed by atoms with Gasteiger partial charge in [0.15, 0.2) is 11.0 Å². The number of carboxylic acids is 1. The molecule has 0 amide bonds. The first-order chi connectivity index (χ1) is 15.3. The van der Waals surface area contributed by atoms with E-state index in [1.807, 2.05) is 4.90 Å². The molecule has 0 saturated carbocycles. The van der Waals surface area contributed by atoms with Crippen LogP contribution >= 0.6 is 27.5 Å². The quantitative estimate of drug-likeness (QED) is 0.483. The minimum Gasteiger partial charge on any atom is -0.490 e. The molecule has 1 aliphatic rings. The molecule has 168 valence electrons. The van der Waals surface area contributed by atoms with Crippen LogP contribution in [0.4, 0.5) is 0 Å². The highest BCUT2D eigenvalue weighted by Gasteiger charge is 2.29. The number of likely N-dealkylation sites (tertiary alicyclic amines) is 1. The second-order valence-electron chi connectivity index (χ2n) is 7.78. The molecule has 3 aromatic rings. The predicted octanol–water partition coefficient (Wildman–Crippen LogP) is 4.02. The highest BCUT2D eigenvalue weighted by molar-refractivity contribution is 9.10. The minimum atomic E-state index is -0.813. The van der Waals surface area contributed by atoms with Crippen molar-refractivity contribution in [3.05, 3.63) is 62.2 Å². The molecule has 32 heavy (non-hydrogen) atoms. The van der Waals surface area contributed by atoms with Crippen molar-refractivity contribution in [2.24, 2.45) is 5.92 Å². The summed E-state index contributed by atoms with van der Waals surface area (Å²) in [6.07, 6.45) is -0.241. The maximum absolute atomic E-state index is 12.6. The number of ether oxygens (including phenoxy) is 1. The minimum absolute atomic E-state index is 0.00371. The largest absolute Gasteiger partial charge is 0.490 e. The van der Waals surface area contributed by atoms with E-state index in [0.29, 0.717) is 59.1 Å². The lowest BCUT2D eigenvalue weighted by atomic mass is 10.1. The van der Waals surface area contributed by atoms with Gasteiger partial charge >= 0.3 is 5.97 Å². The van der Waals surface area contributed by atoms with Gasteiger partial charge in [-0.1, -0.05) is 33.6 Å². The number of rotatable bonds is 7. The van der Waals surface area contributed by atoms with E-state index in [2.05, 4.69) is 15.9 Å². The van der Waals surface area contributed by atoms with Gasteiger partial charge in [0.2, 0.25) is 0 Å². The third kappa shape index (κ3) is 4.99. The van der Waals surface area contributed by atoms with E-state index in [0.717, 1.165) is 4.47 Å². The summed E-state index contributed by atoms with van der Waals surface area (Å²) in [5.41, 5.74) is 0.624. The molecule has 1 fully saturated rings. The Morgan fingerprint density at radius 1 is 1.31 bits per heavy atom. The summed E-state index contributed by atoms with van der Waals surface area (Å²) >= 11 is 9.63. The molecule has 2 heterocycles. The molecule has 2 atom stereocenters. The summed E-state index contributed by atoms with van der Waals surface area (Å²) < 4.78 is 12.6. The van der Waals surface area contributed by atoms with Gasteiger partial charge in [-0.2, -0.15) is 0 Å². The summed E-state index contributed by atoms with van der Waals surface area (Å²) in [6, 6.07) is 11.7. The van der Waals surface area contributed by atoms with Crippen LogP contribution in [0.5, 0.6) is 5.75 Å². The number of nitrogens with zero attached hydrogens (tertiary/aromatic N) is 1. The lowest BCUT2D eigenvalue weighted by Crippen LogP contribution is -2.34. The van der Waals surface area contributed by atoms with Crippen molar-refractivity contribution in [3.63, 3.8) is 0 Å². The number of β-amino-alcohol motifs (C(OH)–C–C–N with tert-alkyl or cyclic N) is 1. The number of para-hydroxylation sites is 1. The second kappa shape index (κ2) is 9.62. The molecule has 9 heteroatoms. The van der Waals surface area contributed by atoms with Crippen molar-refractivity contribution in [1.29, 1.82) is 0 Å². The van der Waals surface area contributed by atoms with Crippen LogP contribution in [0.2, 0.25) is 5.02 Å². The van der Waals surface area contributed by atoms with Crippen molar-refractivity contribution in [2.75, 3.05) is 26.2 Å². The molecule has 0 spiro atoms. The monoisotopic (exact) mass is 521 g/mol. The zero-order valence-electron chi connectivity index (χ0n) is 17.0. The van der Waals surface area contributed by atoms with Gasteiger partial charge in [-0.25, -0.2) is 0 Å². The standard InChI is InChI=1S/C23H21BrClNO6/c24-14-4-5-17(21-9-19(28)16-2-1-3-18(25)22(16)32-21)20(8-14)31-12-15(27)11-26-7-6-13(10-26)23(29)30/h1-5,8-9,13,15,27H,6-7,10-12H2,(H,29,30)/t13-,15?/m1/s1. The molecule has 2 aromatic carbocycles. The van der Waals surface area contributed by atoms with Crippen molar-refractivity contribution in [3.8, 4) is 17.1 Å². The fourth-order valence-corrected chi connectivity index (χ4v) is 4.38. The topological polar surface area (TPSA) is 100 Å². The number of aliphatic hydroxyl groups is 1. The molecule has 2 N–H and O–H groups in total. The van der Waals surface area contributed by atoms with Crippen LogP contribution in [0, 0.1) is 5.92 Å². The number of halogens is 2. The van der Waals surface area contributed by atoms with Crippen LogP contribution in [-0.4, -0.2) is 53.4 Å². The Balaban J connectivity index is 1.53. The zero-order valence-corrected chi connectivity index (χ0v) is 19.3. The smallest absolute Gasteiger partial charge is 0.307 e. The third-order valence-corrected chi connectivity index (χ3v) is 6.23. The predicted molar refractivity (Wildman–Crippen MR) is 124 cm³/mol. The average Bonchev–Trinajstić information content (AvgIpc) is 3.22. The normalized spacial score (nSPS) is 17.5. The van der Waals surface area contributed by atoms with E-state index in [1.165, 1.54) is 6.07 Å². The number of hydrogen-bond donors (Lipinski definition) is 2. The Hall–Kier alpha value is -2.39. The lowest BCUT2D eigenvalue weighted by Gasteiger charge is -2.20. The van der Waals surface area contributed by atoms with Crippen LogP contribution in [0.15, 0.2) is 56.1 Å². The summed E-state index contributed by atoms with van der Waals surface area (Å²) in [5.74, 6) is -0.481. The summed E-state index contributed by atoms with van der Waals surface area (Å²) in [7, 11) is 0. The van der Waals surface area contributed by atoms with Crippen molar-refractivity contribution in [1.82, 2.24) is 4.90 Å². The molecular formula is C23H21BrClNO6. The van der Waals surface area contributed by atoms with Gasteiger partial charge < -0.3 is 19.4 Å². The Morgan fingerprint density at radius 3 is 2.88 bits per heavy atom. The van der Waals surface area contributed by atoms with Crippen LogP contribution < -0.4 is 10.2 Å². The number of aliphatic carboxylic acids is 1. The van der Waals surface area contributed by atoms with Gasteiger partial charge in [0, 0.05) is 23.6 Å². The van der Waals surface area contributed by atoms with E-state index < -0.39 is 18.0 Å². The second-order valence-corrected chi connectivity index (χ2v) is 9.10. The van der Waals surface area contributed by atoms with Crippen molar-refractivity contribution < 1.29 is 24.2 Å². The molecular weight excluding hydrogens is 502 g/mol. The van der Waals surface area contributed by atoms with Gasteiger partial charge in [0.1, 0.15) is 24.2 Å². The molecule has 4 rings (SSSR count). The summed E-state index contributed by atoms with van der Waals surface area (Å²) in [4.78, 5) is 25.6. The highest BCUT2D eigenvalue weighted by Crippen LogP contribution is 2.34. The van der Waals surface area contributed by atoms with Gasteiger partial charge in [-0.15, -0.1) is 0 Å². The molecule has 1 saturated heterocycles. The Bertz CT molecular complexity index is 1210. The van der Waals surface area contributed by atoms with E-state index in [-0.39, 0.29) is 12.0 Å². The molecule has 7 nitrogen and oxygen atoms in total. The summed E-state index contributed by atoms with van der Waals surface area (Å²) in [6.45, 7) is 1.35. The number of carbonyl (C=O) groups is 1. The van der Waals surface area contributed by atoms with Crippen LogP contribution in [0.1, 0.15) is 6.42 Å². The Morgan fingerprint density at radius 2 is 2.12 bits per heavy atom. The SMILES string of the molecule is O=C(O)[C@@H]1CCN(CC(O)COc2cc(Br)ccc2-c2cc(=O)c3cccc(Cl)c3o2)C1. The molecule has 1 aromatic heterocycles. The van der Waals surface area contributed by atoms with Crippen LogP contribution in [0.25, 0.3) is 22.3 Å². The summed E-state index contributed by atoms with van der Waals surface area (Å²) in [5, 5.41) is 20.3. The highest BCUT2D eigenvalue weighted by atomic mass is 79.9. The first-order valence-electron chi connectivity index (χ1n) is 10.1. The third-order valence-electron chi connectivity index (χ3n) is 5.44. The first kappa shape index (κ1) is 22.8. The number of carboxylic acid groups (broad SMARTS) is 1. The van der Waals surface area contributed by atoms with Crippen molar-refractivity contribution in [2.45, 2.75) is 12.5 Å². The zero-order chi connectivity index (χ0) is 22.8. The molecule has 0 bridgehead atoms. The van der Waals surface area contributed by atoms with Crippen LogP contribution in [-0.2, 0) is 4.79 Å². The average molecular weight is 523 g/mol. The first-order valence-corrected chi connectivity index (χ1v) is 11.3. The van der Waals surface area contributed by atoms with Gasteiger partial charge in [0.25, 0.3) is 0 Å². The Kier molecular flexibility index (Phi) is 6.85. The molecule has 0 radical (unpaired) electrons. The maximum Gasteiger partial charge on any atom is 0.307 e. The van der Waals surface area contributed by atoms with Crippen molar-refractivity contribution >= 4 is 44.5 Å². The fourth-order valence-electron chi connectivity index (χ4n) is 3.83. The van der Waals surface area contributed by atoms with E-state index in [4.69, 9.17) is 25.9 Å². The number of fused-ring (bicyclic) bond motifs is 1. The fraction of sp³-hybridized carbons (Fsp3) is 0.304. The molecule has 1 unspecified atom stereocenters. The maximum atomic E-state index is 12.6. The number of aliphatic hydroxyl groups excluding tert-OH is 1.